The summed E-state index contributed by atoms with van der Waals surface area (Å²) in [4.78, 5) is 12.2. The molecular formula is C16H9F2NOS2. The quantitative estimate of drug-likeness (QED) is 0.662. The van der Waals surface area contributed by atoms with Crippen molar-refractivity contribution in [2.24, 2.45) is 0 Å². The number of nitrogens with one attached hydrogen (secondary N) is 1. The van der Waals surface area contributed by atoms with Crippen LogP contribution in [0.1, 0.15) is 5.56 Å². The summed E-state index contributed by atoms with van der Waals surface area (Å²) in [6.07, 6.45) is 1.71. The minimum atomic E-state index is -0.891. The van der Waals surface area contributed by atoms with Crippen LogP contribution in [0, 0.1) is 11.6 Å². The van der Waals surface area contributed by atoms with Crippen LogP contribution < -0.4 is 5.32 Å². The zero-order valence-electron chi connectivity index (χ0n) is 11.1. The highest BCUT2D eigenvalue weighted by atomic mass is 32.2. The lowest BCUT2D eigenvalue weighted by Gasteiger charge is -2.04. The highest BCUT2D eigenvalue weighted by Crippen LogP contribution is 2.28. The largest absolute Gasteiger partial charge is 0.307 e. The van der Waals surface area contributed by atoms with Crippen molar-refractivity contribution in [3.05, 3.63) is 64.6 Å². The van der Waals surface area contributed by atoms with Crippen molar-refractivity contribution in [1.82, 2.24) is 5.32 Å². The molecule has 3 rings (SSSR count). The van der Waals surface area contributed by atoms with Gasteiger partial charge in [0.2, 0.25) is 0 Å². The molecule has 110 valence electrons. The van der Waals surface area contributed by atoms with Crippen LogP contribution in [0.4, 0.5) is 8.78 Å². The molecule has 22 heavy (non-hydrogen) atoms. The molecule has 0 saturated carbocycles. The third-order valence-corrected chi connectivity index (χ3v) is 4.24. The van der Waals surface area contributed by atoms with Gasteiger partial charge >= 0.3 is 0 Å². The Morgan fingerprint density at radius 3 is 2.50 bits per heavy atom. The SMILES string of the molecule is O=C1NC(=S)S/C1=C\c1cccc(-c2ccc(F)c(F)c2)c1. The Balaban J connectivity index is 1.96. The molecule has 0 aliphatic carbocycles. The van der Waals surface area contributed by atoms with E-state index in [4.69, 9.17) is 12.2 Å². The highest BCUT2D eigenvalue weighted by molar-refractivity contribution is 8.26. The van der Waals surface area contributed by atoms with Crippen molar-refractivity contribution >= 4 is 40.3 Å². The number of amides is 1. The number of benzene rings is 2. The second kappa shape index (κ2) is 5.98. The lowest BCUT2D eigenvalue weighted by Crippen LogP contribution is -2.17. The number of carbonyl (C=O) groups excluding carboxylic acids is 1. The Kier molecular flexibility index (Phi) is 4.04. The van der Waals surface area contributed by atoms with E-state index in [-0.39, 0.29) is 5.91 Å². The Hall–Kier alpha value is -2.05. The first-order valence-corrected chi connectivity index (χ1v) is 7.56. The molecule has 0 bridgehead atoms. The number of halogens is 2. The monoisotopic (exact) mass is 333 g/mol. The molecule has 1 N–H and O–H groups in total. The van der Waals surface area contributed by atoms with E-state index in [0.29, 0.717) is 14.8 Å². The summed E-state index contributed by atoms with van der Waals surface area (Å²) in [5.74, 6) is -2.00. The molecular weight excluding hydrogens is 324 g/mol. The van der Waals surface area contributed by atoms with Crippen LogP contribution in [0.25, 0.3) is 17.2 Å². The lowest BCUT2D eigenvalue weighted by atomic mass is 10.0. The van der Waals surface area contributed by atoms with Gasteiger partial charge in [0.25, 0.3) is 5.91 Å². The van der Waals surface area contributed by atoms with Gasteiger partial charge in [-0.1, -0.05) is 48.2 Å². The molecule has 6 heteroatoms. The average Bonchev–Trinajstić information content (AvgIpc) is 2.80. The minimum Gasteiger partial charge on any atom is -0.307 e. The third kappa shape index (κ3) is 3.08. The van der Waals surface area contributed by atoms with E-state index < -0.39 is 11.6 Å². The summed E-state index contributed by atoms with van der Waals surface area (Å²) in [6.45, 7) is 0. The number of hydrogen-bond acceptors (Lipinski definition) is 3. The van der Waals surface area contributed by atoms with Crippen LogP contribution in [0.2, 0.25) is 0 Å². The van der Waals surface area contributed by atoms with Crippen molar-refractivity contribution in [2.75, 3.05) is 0 Å². The van der Waals surface area contributed by atoms with Crippen LogP contribution >= 0.6 is 24.0 Å². The van der Waals surface area contributed by atoms with E-state index in [0.717, 1.165) is 23.3 Å². The molecule has 1 amide bonds. The summed E-state index contributed by atoms with van der Waals surface area (Å²) >= 11 is 6.13. The van der Waals surface area contributed by atoms with Crippen molar-refractivity contribution in [3.63, 3.8) is 0 Å². The maximum atomic E-state index is 13.3. The fourth-order valence-electron chi connectivity index (χ4n) is 2.06. The standard InChI is InChI=1S/C16H9F2NOS2/c17-12-5-4-11(8-13(12)18)10-3-1-2-9(6-10)7-14-15(20)19-16(21)22-14/h1-8H,(H,19,20,21)/b14-7-. The summed E-state index contributed by atoms with van der Waals surface area (Å²) in [5, 5.41) is 2.54. The normalized spacial score (nSPS) is 16.2. The van der Waals surface area contributed by atoms with Crippen LogP contribution in [0.5, 0.6) is 0 Å². The molecule has 0 unspecified atom stereocenters. The Morgan fingerprint density at radius 2 is 1.82 bits per heavy atom. The van der Waals surface area contributed by atoms with Gasteiger partial charge in [0.1, 0.15) is 4.32 Å². The molecule has 2 aromatic carbocycles. The van der Waals surface area contributed by atoms with Crippen molar-refractivity contribution in [2.45, 2.75) is 0 Å². The fraction of sp³-hybridized carbons (Fsp3) is 0. The van der Waals surface area contributed by atoms with E-state index in [9.17, 15) is 13.6 Å². The topological polar surface area (TPSA) is 29.1 Å². The molecule has 1 fully saturated rings. The van der Waals surface area contributed by atoms with Gasteiger partial charge in [0.15, 0.2) is 11.6 Å². The molecule has 1 aliphatic rings. The van der Waals surface area contributed by atoms with E-state index in [1.54, 1.807) is 24.3 Å². The minimum absolute atomic E-state index is 0.228. The fourth-order valence-corrected chi connectivity index (χ4v) is 3.10. The van der Waals surface area contributed by atoms with E-state index in [2.05, 4.69) is 5.32 Å². The molecule has 1 aliphatic heterocycles. The van der Waals surface area contributed by atoms with Gasteiger partial charge in [0, 0.05) is 0 Å². The predicted octanol–water partition coefficient (Wildman–Crippen LogP) is 4.12. The number of carbonyl (C=O) groups is 1. The predicted molar refractivity (Wildman–Crippen MR) is 88.1 cm³/mol. The molecule has 0 spiro atoms. The van der Waals surface area contributed by atoms with Crippen molar-refractivity contribution < 1.29 is 13.6 Å². The van der Waals surface area contributed by atoms with Crippen LogP contribution in [0.3, 0.4) is 0 Å². The Bertz CT molecular complexity index is 818. The number of hydrogen-bond donors (Lipinski definition) is 1. The highest BCUT2D eigenvalue weighted by Gasteiger charge is 2.21. The maximum Gasteiger partial charge on any atom is 0.263 e. The van der Waals surface area contributed by atoms with Gasteiger partial charge in [-0.3, -0.25) is 4.79 Å². The Labute approximate surface area is 135 Å². The van der Waals surface area contributed by atoms with Gasteiger partial charge in [0.05, 0.1) is 4.91 Å². The molecule has 0 aromatic heterocycles. The number of thiocarbonyl (C=S) groups is 1. The summed E-state index contributed by atoms with van der Waals surface area (Å²) < 4.78 is 26.8. The lowest BCUT2D eigenvalue weighted by molar-refractivity contribution is -0.115. The maximum absolute atomic E-state index is 13.3. The van der Waals surface area contributed by atoms with E-state index in [1.807, 2.05) is 6.07 Å². The number of rotatable bonds is 2. The van der Waals surface area contributed by atoms with Crippen LogP contribution in [-0.2, 0) is 4.79 Å². The van der Waals surface area contributed by atoms with Crippen LogP contribution in [0.15, 0.2) is 47.4 Å². The summed E-state index contributed by atoms with van der Waals surface area (Å²) in [6, 6.07) is 11.0. The molecule has 0 atom stereocenters. The first-order chi connectivity index (χ1) is 10.5. The number of thioether (sulfide) groups is 1. The van der Waals surface area contributed by atoms with Gasteiger partial charge < -0.3 is 5.32 Å². The van der Waals surface area contributed by atoms with E-state index >= 15 is 0 Å². The van der Waals surface area contributed by atoms with Crippen molar-refractivity contribution in [1.29, 1.82) is 0 Å². The molecule has 2 aromatic rings. The van der Waals surface area contributed by atoms with Gasteiger partial charge in [-0.25, -0.2) is 8.78 Å². The van der Waals surface area contributed by atoms with Crippen LogP contribution in [-0.4, -0.2) is 10.2 Å². The first kappa shape index (κ1) is 14.9. The Morgan fingerprint density at radius 1 is 1.05 bits per heavy atom. The van der Waals surface area contributed by atoms with Gasteiger partial charge in [-0.05, 0) is 41.0 Å². The second-order valence-electron chi connectivity index (χ2n) is 4.61. The zero-order valence-corrected chi connectivity index (χ0v) is 12.7. The second-order valence-corrected chi connectivity index (χ2v) is 6.33. The molecule has 0 radical (unpaired) electrons. The van der Waals surface area contributed by atoms with Gasteiger partial charge in [-0.15, -0.1) is 0 Å². The first-order valence-electron chi connectivity index (χ1n) is 6.33. The molecule has 1 heterocycles. The third-order valence-electron chi connectivity index (χ3n) is 3.08. The van der Waals surface area contributed by atoms with Crippen molar-refractivity contribution in [3.8, 4) is 11.1 Å². The average molecular weight is 333 g/mol. The zero-order chi connectivity index (χ0) is 15.7. The summed E-state index contributed by atoms with van der Waals surface area (Å²) in [7, 11) is 0. The smallest absolute Gasteiger partial charge is 0.263 e. The summed E-state index contributed by atoms with van der Waals surface area (Å²) in [5.41, 5.74) is 2.09. The molecule has 2 nitrogen and oxygen atoms in total. The van der Waals surface area contributed by atoms with Gasteiger partial charge in [-0.2, -0.15) is 0 Å². The molecule has 1 saturated heterocycles. The van der Waals surface area contributed by atoms with E-state index in [1.165, 1.54) is 17.8 Å².